The molecule has 1 aromatic carbocycles. The number of hydrogen-bond acceptors (Lipinski definition) is 4. The lowest BCUT2D eigenvalue weighted by Gasteiger charge is -2.21. The molecule has 1 aliphatic heterocycles. The van der Waals surface area contributed by atoms with Crippen LogP contribution in [-0.2, 0) is 22.9 Å². The lowest BCUT2D eigenvalue weighted by molar-refractivity contribution is 0.0762. The number of carbonyl (C=O) groups is 1. The largest absolute Gasteiger partial charge is 0.338 e. The second kappa shape index (κ2) is 6.67. The van der Waals surface area contributed by atoms with Crippen LogP contribution < -0.4 is 4.31 Å². The Morgan fingerprint density at radius 1 is 1.19 bits per heavy atom. The van der Waals surface area contributed by atoms with Crippen LogP contribution in [0, 0.1) is 0 Å². The number of hydrogen-bond donors (Lipinski definition) is 1. The molecule has 1 aliphatic carbocycles. The number of benzene rings is 1. The fourth-order valence-electron chi connectivity index (χ4n) is 3.59. The van der Waals surface area contributed by atoms with Crippen molar-refractivity contribution in [2.24, 2.45) is 0 Å². The van der Waals surface area contributed by atoms with E-state index in [1.807, 2.05) is 4.90 Å². The number of fused-ring (bicyclic) bond motifs is 1. The maximum absolute atomic E-state index is 12.9. The fraction of sp³-hybridized carbons (Fsp3) is 0.474. The van der Waals surface area contributed by atoms with Gasteiger partial charge < -0.3 is 4.90 Å². The third-order valence-electron chi connectivity index (χ3n) is 5.47. The number of sulfonamides is 1. The summed E-state index contributed by atoms with van der Waals surface area (Å²) in [6.45, 7) is 1.33. The van der Waals surface area contributed by atoms with E-state index < -0.39 is 10.0 Å². The molecule has 0 bridgehead atoms. The van der Waals surface area contributed by atoms with Crippen LogP contribution >= 0.6 is 0 Å². The highest BCUT2D eigenvalue weighted by Gasteiger charge is 2.31. The van der Waals surface area contributed by atoms with Gasteiger partial charge in [0.1, 0.15) is 0 Å². The topological polar surface area (TPSA) is 86.4 Å². The van der Waals surface area contributed by atoms with Gasteiger partial charge in [-0.1, -0.05) is 0 Å². The predicted molar refractivity (Wildman–Crippen MR) is 104 cm³/mol. The molecular formula is C19H24N4O3S. The first-order valence-electron chi connectivity index (χ1n) is 9.24. The first-order chi connectivity index (χ1) is 12.8. The molecule has 7 nitrogen and oxygen atoms in total. The summed E-state index contributed by atoms with van der Waals surface area (Å²) in [7, 11) is -1.82. The number of carbonyl (C=O) groups excluding carboxylic acids is 1. The second-order valence-electron chi connectivity index (χ2n) is 7.41. The van der Waals surface area contributed by atoms with Crippen LogP contribution in [0.2, 0.25) is 0 Å². The molecule has 1 fully saturated rings. The van der Waals surface area contributed by atoms with E-state index in [1.165, 1.54) is 35.5 Å². The number of aromatic nitrogens is 2. The Kier molecular flexibility index (Phi) is 4.46. The molecule has 0 unspecified atom stereocenters. The molecule has 1 saturated carbocycles. The first-order valence-corrected chi connectivity index (χ1v) is 11.1. The molecule has 0 atom stereocenters. The van der Waals surface area contributed by atoms with Gasteiger partial charge in [-0.3, -0.25) is 14.2 Å². The zero-order valence-corrected chi connectivity index (χ0v) is 16.4. The zero-order chi connectivity index (χ0) is 19.2. The minimum Gasteiger partial charge on any atom is -0.338 e. The highest BCUT2D eigenvalue weighted by Crippen LogP contribution is 2.41. The van der Waals surface area contributed by atoms with E-state index in [9.17, 15) is 13.2 Å². The zero-order valence-electron chi connectivity index (χ0n) is 15.6. The number of nitrogens with zero attached hydrogens (tertiary/aromatic N) is 3. The van der Waals surface area contributed by atoms with Gasteiger partial charge in [0.2, 0.25) is 10.0 Å². The van der Waals surface area contributed by atoms with E-state index in [2.05, 4.69) is 10.2 Å². The van der Waals surface area contributed by atoms with Crippen molar-refractivity contribution in [2.75, 3.05) is 30.7 Å². The van der Waals surface area contributed by atoms with Gasteiger partial charge in [0.05, 0.1) is 17.6 Å². The smallest absolute Gasteiger partial charge is 0.253 e. The van der Waals surface area contributed by atoms with Crippen molar-refractivity contribution in [3.63, 3.8) is 0 Å². The van der Waals surface area contributed by atoms with Gasteiger partial charge in [0, 0.05) is 43.7 Å². The quantitative estimate of drug-likeness (QED) is 0.867. The highest BCUT2D eigenvalue weighted by molar-refractivity contribution is 7.92. The summed E-state index contributed by atoms with van der Waals surface area (Å²) >= 11 is 0. The van der Waals surface area contributed by atoms with E-state index >= 15 is 0 Å². The number of nitrogens with one attached hydrogen (secondary N) is 1. The van der Waals surface area contributed by atoms with Gasteiger partial charge in [-0.05, 0) is 49.1 Å². The van der Waals surface area contributed by atoms with Crippen LogP contribution in [0.25, 0.3) is 0 Å². The number of aromatic amines is 1. The van der Waals surface area contributed by atoms with E-state index in [0.29, 0.717) is 30.3 Å². The molecule has 144 valence electrons. The van der Waals surface area contributed by atoms with Crippen molar-refractivity contribution in [3.8, 4) is 0 Å². The third-order valence-corrected chi connectivity index (χ3v) is 6.68. The van der Waals surface area contributed by atoms with E-state index in [4.69, 9.17) is 0 Å². The maximum atomic E-state index is 12.9. The van der Waals surface area contributed by atoms with E-state index in [-0.39, 0.29) is 5.91 Å². The van der Waals surface area contributed by atoms with Crippen molar-refractivity contribution >= 4 is 21.6 Å². The van der Waals surface area contributed by atoms with Gasteiger partial charge in [0.25, 0.3) is 5.91 Å². The van der Waals surface area contributed by atoms with E-state index in [0.717, 1.165) is 24.8 Å². The average Bonchev–Trinajstić information content (AvgIpc) is 3.45. The SMILES string of the molecule is CN(c1ccc(C(=O)N2CCc3[nH]nc(C4CC4)c3CC2)cc1)S(C)(=O)=O. The molecule has 2 aliphatic rings. The summed E-state index contributed by atoms with van der Waals surface area (Å²) in [6.07, 6.45) is 5.21. The van der Waals surface area contributed by atoms with Crippen LogP contribution in [0.15, 0.2) is 24.3 Å². The summed E-state index contributed by atoms with van der Waals surface area (Å²) in [5.41, 5.74) is 4.79. The highest BCUT2D eigenvalue weighted by atomic mass is 32.2. The second-order valence-corrected chi connectivity index (χ2v) is 9.42. The third kappa shape index (κ3) is 3.58. The van der Waals surface area contributed by atoms with Crippen LogP contribution in [0.3, 0.4) is 0 Å². The van der Waals surface area contributed by atoms with Crippen molar-refractivity contribution < 1.29 is 13.2 Å². The molecule has 1 N–H and O–H groups in total. The van der Waals surface area contributed by atoms with Crippen molar-refractivity contribution in [2.45, 2.75) is 31.6 Å². The standard InChI is InChI=1S/C19H24N4O3S/c1-22(27(2,25)26)15-7-5-14(6-8-15)19(24)23-11-9-16-17(10-12-23)20-21-18(16)13-3-4-13/h5-8,13H,3-4,9-12H2,1-2H3,(H,20,21). The van der Waals surface area contributed by atoms with Crippen molar-refractivity contribution in [3.05, 3.63) is 46.8 Å². The molecule has 2 aromatic rings. The molecule has 0 spiro atoms. The Morgan fingerprint density at radius 3 is 2.48 bits per heavy atom. The lowest BCUT2D eigenvalue weighted by atomic mass is 10.1. The Labute approximate surface area is 159 Å². The van der Waals surface area contributed by atoms with Crippen LogP contribution in [0.1, 0.15) is 46.1 Å². The summed E-state index contributed by atoms with van der Waals surface area (Å²) in [4.78, 5) is 14.8. The molecule has 4 rings (SSSR count). The van der Waals surface area contributed by atoms with Gasteiger partial charge in [0.15, 0.2) is 0 Å². The van der Waals surface area contributed by atoms with Gasteiger partial charge in [-0.2, -0.15) is 5.10 Å². The minimum absolute atomic E-state index is 0.0188. The molecule has 0 radical (unpaired) electrons. The summed E-state index contributed by atoms with van der Waals surface area (Å²) in [5.74, 6) is 0.585. The summed E-state index contributed by atoms with van der Waals surface area (Å²) in [6, 6.07) is 6.73. The molecular weight excluding hydrogens is 364 g/mol. The van der Waals surface area contributed by atoms with Gasteiger partial charge in [-0.15, -0.1) is 0 Å². The molecule has 27 heavy (non-hydrogen) atoms. The Morgan fingerprint density at radius 2 is 1.85 bits per heavy atom. The monoisotopic (exact) mass is 388 g/mol. The molecule has 0 saturated heterocycles. The Bertz CT molecular complexity index is 961. The number of amides is 1. The average molecular weight is 388 g/mol. The number of anilines is 1. The lowest BCUT2D eigenvalue weighted by Crippen LogP contribution is -2.33. The number of H-pyrrole nitrogens is 1. The molecule has 1 amide bonds. The van der Waals surface area contributed by atoms with Crippen molar-refractivity contribution in [1.29, 1.82) is 0 Å². The molecule has 1 aromatic heterocycles. The number of rotatable bonds is 4. The maximum Gasteiger partial charge on any atom is 0.253 e. The van der Waals surface area contributed by atoms with Crippen molar-refractivity contribution in [1.82, 2.24) is 15.1 Å². The predicted octanol–water partition coefficient (Wildman–Crippen LogP) is 1.92. The van der Waals surface area contributed by atoms with Gasteiger partial charge in [-0.25, -0.2) is 8.42 Å². The first kappa shape index (κ1) is 18.0. The van der Waals surface area contributed by atoms with Gasteiger partial charge >= 0.3 is 0 Å². The van der Waals surface area contributed by atoms with E-state index in [1.54, 1.807) is 24.3 Å². The normalized spacial score (nSPS) is 17.3. The van der Waals surface area contributed by atoms with Crippen LogP contribution in [0.5, 0.6) is 0 Å². The van der Waals surface area contributed by atoms with Crippen LogP contribution in [-0.4, -0.2) is 55.8 Å². The van der Waals surface area contributed by atoms with Crippen LogP contribution in [0.4, 0.5) is 5.69 Å². The minimum atomic E-state index is -3.32. The Hall–Kier alpha value is -2.35. The molecule has 2 heterocycles. The summed E-state index contributed by atoms with van der Waals surface area (Å²) < 4.78 is 24.5. The fourth-order valence-corrected chi connectivity index (χ4v) is 4.10. The molecule has 8 heteroatoms. The summed E-state index contributed by atoms with van der Waals surface area (Å²) in [5, 5.41) is 7.66. The Balaban J connectivity index is 1.47.